The Morgan fingerprint density at radius 3 is 2.67 bits per heavy atom. The van der Waals surface area contributed by atoms with Gasteiger partial charge in [0, 0.05) is 0 Å². The van der Waals surface area contributed by atoms with E-state index in [-0.39, 0.29) is 6.54 Å². The fraction of sp³-hybridized carbons (Fsp3) is 0.692. The summed E-state index contributed by atoms with van der Waals surface area (Å²) in [5, 5.41) is 2.36. The van der Waals surface area contributed by atoms with Crippen molar-refractivity contribution < 1.29 is 19.1 Å². The molecule has 0 bridgehead atoms. The third kappa shape index (κ3) is 6.27. The van der Waals surface area contributed by atoms with Crippen LogP contribution in [0, 0.1) is 0 Å². The van der Waals surface area contributed by atoms with E-state index in [0.717, 1.165) is 24.8 Å². The minimum atomic E-state index is -0.612. The number of carbonyl (C=O) groups excluding carboxylic acids is 2. The van der Waals surface area contributed by atoms with Crippen LogP contribution in [-0.4, -0.2) is 30.8 Å². The number of allylic oxidation sites excluding steroid dienone is 1. The molecular formula is C13H21NO4. The molecule has 0 saturated heterocycles. The molecular weight excluding hydrogens is 234 g/mol. The van der Waals surface area contributed by atoms with Gasteiger partial charge in [-0.1, -0.05) is 6.08 Å². The molecule has 5 heteroatoms. The van der Waals surface area contributed by atoms with Crippen molar-refractivity contribution in [2.75, 3.05) is 13.2 Å². The van der Waals surface area contributed by atoms with Crippen molar-refractivity contribution in [1.29, 1.82) is 0 Å². The molecule has 0 unspecified atom stereocenters. The van der Waals surface area contributed by atoms with Crippen LogP contribution in [0.1, 0.15) is 40.0 Å². The van der Waals surface area contributed by atoms with Gasteiger partial charge in [0.2, 0.25) is 0 Å². The van der Waals surface area contributed by atoms with Crippen molar-refractivity contribution in [3.8, 4) is 0 Å². The van der Waals surface area contributed by atoms with Crippen LogP contribution in [0.4, 0.5) is 4.79 Å². The normalized spacial score (nSPS) is 14.9. The third-order valence-electron chi connectivity index (χ3n) is 2.33. The van der Waals surface area contributed by atoms with Gasteiger partial charge in [0.25, 0.3) is 0 Å². The average molecular weight is 255 g/mol. The number of nitrogens with one attached hydrogen (secondary N) is 1. The second-order valence-electron chi connectivity index (χ2n) is 5.27. The Bertz CT molecular complexity index is 341. The Morgan fingerprint density at radius 1 is 1.39 bits per heavy atom. The third-order valence-corrected chi connectivity index (χ3v) is 2.33. The Morgan fingerprint density at radius 2 is 2.11 bits per heavy atom. The first-order valence-corrected chi connectivity index (χ1v) is 6.17. The molecule has 1 aliphatic rings. The van der Waals surface area contributed by atoms with E-state index in [1.165, 1.54) is 0 Å². The molecule has 0 heterocycles. The van der Waals surface area contributed by atoms with Gasteiger partial charge >= 0.3 is 12.1 Å². The molecule has 0 fully saturated rings. The van der Waals surface area contributed by atoms with Crippen molar-refractivity contribution in [3.63, 3.8) is 0 Å². The van der Waals surface area contributed by atoms with Crippen molar-refractivity contribution >= 4 is 12.1 Å². The molecule has 0 radical (unpaired) electrons. The lowest BCUT2D eigenvalue weighted by atomic mass is 10.2. The lowest BCUT2D eigenvalue weighted by molar-refractivity contribution is -0.141. The molecule has 1 N–H and O–H groups in total. The Balaban J connectivity index is 2.14. The first-order chi connectivity index (χ1) is 8.37. The number of rotatable bonds is 4. The maximum absolute atomic E-state index is 11.4. The number of esters is 1. The first kappa shape index (κ1) is 14.5. The second-order valence-corrected chi connectivity index (χ2v) is 5.27. The van der Waals surface area contributed by atoms with E-state index in [4.69, 9.17) is 9.47 Å². The predicted molar refractivity (Wildman–Crippen MR) is 67.1 cm³/mol. The van der Waals surface area contributed by atoms with Gasteiger partial charge in [-0.05, 0) is 45.6 Å². The van der Waals surface area contributed by atoms with E-state index >= 15 is 0 Å². The van der Waals surface area contributed by atoms with Crippen LogP contribution in [-0.2, 0) is 14.3 Å². The molecule has 1 rings (SSSR count). The van der Waals surface area contributed by atoms with Crippen molar-refractivity contribution in [2.45, 2.75) is 45.6 Å². The summed E-state index contributed by atoms with van der Waals surface area (Å²) in [6.07, 6.45) is 4.66. The SMILES string of the molecule is CC(C)(C)OC(=O)NCC(=O)OCC1=CCCC1. The summed E-state index contributed by atoms with van der Waals surface area (Å²) < 4.78 is 10.0. The van der Waals surface area contributed by atoms with E-state index in [1.54, 1.807) is 20.8 Å². The van der Waals surface area contributed by atoms with Crippen molar-refractivity contribution in [2.24, 2.45) is 0 Å². The van der Waals surface area contributed by atoms with E-state index in [0.29, 0.717) is 6.61 Å². The van der Waals surface area contributed by atoms with Gasteiger partial charge in [0.05, 0.1) is 0 Å². The summed E-state index contributed by atoms with van der Waals surface area (Å²) in [6.45, 7) is 5.45. The number of alkyl carbamates (subject to hydrolysis) is 1. The number of hydrogen-bond acceptors (Lipinski definition) is 4. The molecule has 0 aromatic heterocycles. The standard InChI is InChI=1S/C13H21NO4/c1-13(2,3)18-12(16)14-8-11(15)17-9-10-6-4-5-7-10/h6H,4-5,7-9H2,1-3H3,(H,14,16). The van der Waals surface area contributed by atoms with Gasteiger partial charge < -0.3 is 14.8 Å². The molecule has 0 atom stereocenters. The summed E-state index contributed by atoms with van der Waals surface area (Å²) in [7, 11) is 0. The Kier molecular flexibility index (Phi) is 5.19. The number of carbonyl (C=O) groups is 2. The van der Waals surface area contributed by atoms with Gasteiger partial charge in [-0.3, -0.25) is 4.79 Å². The monoisotopic (exact) mass is 255 g/mol. The van der Waals surface area contributed by atoms with Gasteiger partial charge in [-0.2, -0.15) is 0 Å². The maximum atomic E-state index is 11.4. The summed E-state index contributed by atoms with van der Waals surface area (Å²) >= 11 is 0. The van der Waals surface area contributed by atoms with Crippen LogP contribution in [0.3, 0.4) is 0 Å². The molecule has 0 spiro atoms. The molecule has 102 valence electrons. The highest BCUT2D eigenvalue weighted by atomic mass is 16.6. The van der Waals surface area contributed by atoms with Crippen molar-refractivity contribution in [3.05, 3.63) is 11.6 Å². The van der Waals surface area contributed by atoms with Crippen LogP contribution in [0.5, 0.6) is 0 Å². The van der Waals surface area contributed by atoms with E-state index in [9.17, 15) is 9.59 Å². The Hall–Kier alpha value is -1.52. The lowest BCUT2D eigenvalue weighted by Gasteiger charge is -2.19. The molecule has 0 aromatic carbocycles. The van der Waals surface area contributed by atoms with Crippen LogP contribution in [0.15, 0.2) is 11.6 Å². The predicted octanol–water partition coefficient (Wildman–Crippen LogP) is 2.16. The zero-order valence-electron chi connectivity index (χ0n) is 11.2. The lowest BCUT2D eigenvalue weighted by Crippen LogP contribution is -2.36. The summed E-state index contributed by atoms with van der Waals surface area (Å²) in [5.74, 6) is -0.450. The minimum Gasteiger partial charge on any atom is -0.460 e. The minimum absolute atomic E-state index is 0.164. The van der Waals surface area contributed by atoms with Gasteiger partial charge in [-0.25, -0.2) is 4.79 Å². The second kappa shape index (κ2) is 6.42. The van der Waals surface area contributed by atoms with E-state index in [2.05, 4.69) is 11.4 Å². The van der Waals surface area contributed by atoms with Crippen molar-refractivity contribution in [1.82, 2.24) is 5.32 Å². The zero-order valence-corrected chi connectivity index (χ0v) is 11.2. The number of amides is 1. The molecule has 1 amide bonds. The van der Waals surface area contributed by atoms with Crippen LogP contribution in [0.25, 0.3) is 0 Å². The first-order valence-electron chi connectivity index (χ1n) is 6.17. The maximum Gasteiger partial charge on any atom is 0.408 e. The number of hydrogen-bond donors (Lipinski definition) is 1. The van der Waals surface area contributed by atoms with Gasteiger partial charge in [0.15, 0.2) is 0 Å². The highest BCUT2D eigenvalue weighted by molar-refractivity contribution is 5.78. The quantitative estimate of drug-likeness (QED) is 0.617. The van der Waals surface area contributed by atoms with E-state index in [1.807, 2.05) is 0 Å². The fourth-order valence-electron chi connectivity index (χ4n) is 1.55. The molecule has 0 aromatic rings. The largest absolute Gasteiger partial charge is 0.460 e. The van der Waals surface area contributed by atoms with Gasteiger partial charge in [-0.15, -0.1) is 0 Å². The summed E-state index contributed by atoms with van der Waals surface area (Å²) in [4.78, 5) is 22.6. The van der Waals surface area contributed by atoms with Crippen LogP contribution >= 0.6 is 0 Å². The molecule has 5 nitrogen and oxygen atoms in total. The van der Waals surface area contributed by atoms with Crippen LogP contribution < -0.4 is 5.32 Å². The smallest absolute Gasteiger partial charge is 0.408 e. The molecule has 1 aliphatic carbocycles. The Labute approximate surface area is 108 Å². The topological polar surface area (TPSA) is 64.6 Å². The fourth-order valence-corrected chi connectivity index (χ4v) is 1.55. The molecule has 18 heavy (non-hydrogen) atoms. The highest BCUT2D eigenvalue weighted by Crippen LogP contribution is 2.17. The zero-order chi connectivity index (χ0) is 13.6. The summed E-state index contributed by atoms with van der Waals surface area (Å²) in [5.41, 5.74) is 0.587. The highest BCUT2D eigenvalue weighted by Gasteiger charge is 2.17. The molecule has 0 saturated carbocycles. The summed E-state index contributed by atoms with van der Waals surface area (Å²) in [6, 6.07) is 0. The van der Waals surface area contributed by atoms with Gasteiger partial charge in [0.1, 0.15) is 18.8 Å². The van der Waals surface area contributed by atoms with Crippen LogP contribution in [0.2, 0.25) is 0 Å². The molecule has 0 aliphatic heterocycles. The van der Waals surface area contributed by atoms with E-state index < -0.39 is 17.7 Å². The number of ether oxygens (including phenoxy) is 2. The average Bonchev–Trinajstić information content (AvgIpc) is 2.74.